The van der Waals surface area contributed by atoms with Crippen LogP contribution in [-0.4, -0.2) is 14.1 Å². The monoisotopic (exact) mass is 302 g/mol. The number of rotatable bonds is 6. The molecule has 114 valence electrons. The van der Waals surface area contributed by atoms with E-state index in [1.54, 1.807) is 0 Å². The molecular formula is C18H26O2Si. The van der Waals surface area contributed by atoms with Crippen molar-refractivity contribution in [2.45, 2.75) is 51.7 Å². The number of carbonyl (C=O) groups excluding carboxylic acids is 1. The van der Waals surface area contributed by atoms with E-state index in [9.17, 15) is 4.79 Å². The van der Waals surface area contributed by atoms with Crippen molar-refractivity contribution in [2.75, 3.05) is 0 Å². The molecule has 2 nitrogen and oxygen atoms in total. The van der Waals surface area contributed by atoms with E-state index in [4.69, 9.17) is 4.43 Å². The Bertz CT molecular complexity index is 523. The lowest BCUT2D eigenvalue weighted by molar-refractivity contribution is -0.119. The third kappa shape index (κ3) is 3.85. The predicted molar refractivity (Wildman–Crippen MR) is 90.5 cm³/mol. The molecule has 2 aliphatic rings. The van der Waals surface area contributed by atoms with Gasteiger partial charge >= 0.3 is 0 Å². The fourth-order valence-corrected chi connectivity index (χ4v) is 4.98. The fraction of sp³-hybridized carbons (Fsp3) is 0.500. The average molecular weight is 302 g/mol. The second-order valence-electron chi connectivity index (χ2n) is 6.54. The van der Waals surface area contributed by atoms with Gasteiger partial charge in [0.05, 0.1) is 5.92 Å². The van der Waals surface area contributed by atoms with Gasteiger partial charge < -0.3 is 4.43 Å². The van der Waals surface area contributed by atoms with E-state index in [0.717, 1.165) is 30.0 Å². The first-order valence-electron chi connectivity index (χ1n) is 7.93. The maximum absolute atomic E-state index is 12.6. The minimum atomic E-state index is -1.77. The summed E-state index contributed by atoms with van der Waals surface area (Å²) < 4.78 is 6.14. The summed E-state index contributed by atoms with van der Waals surface area (Å²) in [6.07, 6.45) is 12.1. The summed E-state index contributed by atoms with van der Waals surface area (Å²) >= 11 is 0. The molecule has 2 aliphatic carbocycles. The molecule has 0 N–H and O–H groups in total. The molecule has 21 heavy (non-hydrogen) atoms. The Labute approximate surface area is 129 Å². The number of ketones is 1. The maximum Gasteiger partial charge on any atom is 0.245 e. The van der Waals surface area contributed by atoms with Gasteiger partial charge in [-0.3, -0.25) is 4.79 Å². The van der Waals surface area contributed by atoms with Crippen molar-refractivity contribution in [3.63, 3.8) is 0 Å². The smallest absolute Gasteiger partial charge is 0.245 e. The molecule has 0 amide bonds. The summed E-state index contributed by atoms with van der Waals surface area (Å²) in [4.78, 5) is 12.6. The van der Waals surface area contributed by atoms with Crippen LogP contribution in [0.5, 0.6) is 0 Å². The Morgan fingerprint density at radius 2 is 2.19 bits per heavy atom. The van der Waals surface area contributed by atoms with Crippen LogP contribution in [-0.2, 0) is 9.22 Å². The third-order valence-electron chi connectivity index (χ3n) is 4.18. The van der Waals surface area contributed by atoms with E-state index in [0.29, 0.717) is 5.76 Å². The molecule has 1 atom stereocenters. The van der Waals surface area contributed by atoms with Gasteiger partial charge in [0.15, 0.2) is 0 Å². The van der Waals surface area contributed by atoms with Crippen LogP contribution < -0.4 is 0 Å². The van der Waals surface area contributed by atoms with Crippen molar-refractivity contribution in [3.05, 3.63) is 47.8 Å². The normalized spacial score (nSPS) is 22.3. The predicted octanol–water partition coefficient (Wildman–Crippen LogP) is 4.92. The molecule has 1 unspecified atom stereocenters. The van der Waals surface area contributed by atoms with Crippen LogP contribution in [0.2, 0.25) is 19.1 Å². The summed E-state index contributed by atoms with van der Waals surface area (Å²) in [7, 11) is -1.77. The molecule has 0 heterocycles. The van der Waals surface area contributed by atoms with Gasteiger partial charge in [0.25, 0.3) is 0 Å². The van der Waals surface area contributed by atoms with Crippen LogP contribution in [0.4, 0.5) is 0 Å². The van der Waals surface area contributed by atoms with E-state index in [1.807, 2.05) is 18.2 Å². The first-order chi connectivity index (χ1) is 9.94. The van der Waals surface area contributed by atoms with E-state index in [-0.39, 0.29) is 11.7 Å². The number of hydrogen-bond acceptors (Lipinski definition) is 2. The van der Waals surface area contributed by atoms with Gasteiger partial charge in [-0.05, 0) is 49.2 Å². The highest BCUT2D eigenvalue weighted by Gasteiger charge is 2.35. The van der Waals surface area contributed by atoms with Crippen LogP contribution >= 0.6 is 0 Å². The lowest BCUT2D eigenvalue weighted by atomic mass is 9.86. The summed E-state index contributed by atoms with van der Waals surface area (Å²) in [5, 5.41) is 0. The highest BCUT2D eigenvalue weighted by atomic mass is 28.4. The van der Waals surface area contributed by atoms with Gasteiger partial charge in [0.2, 0.25) is 14.1 Å². The van der Waals surface area contributed by atoms with Crippen molar-refractivity contribution in [2.24, 2.45) is 5.92 Å². The van der Waals surface area contributed by atoms with Gasteiger partial charge in [0.1, 0.15) is 5.76 Å². The first-order valence-corrected chi connectivity index (χ1v) is 11.0. The Hall–Kier alpha value is -1.35. The topological polar surface area (TPSA) is 26.3 Å². The summed E-state index contributed by atoms with van der Waals surface area (Å²) in [6.45, 7) is 10.7. The van der Waals surface area contributed by atoms with Gasteiger partial charge in [-0.15, -0.1) is 0 Å². The minimum Gasteiger partial charge on any atom is -0.542 e. The highest BCUT2D eigenvalue weighted by molar-refractivity contribution is 6.71. The lowest BCUT2D eigenvalue weighted by Gasteiger charge is -2.25. The van der Waals surface area contributed by atoms with Crippen molar-refractivity contribution in [1.82, 2.24) is 0 Å². The van der Waals surface area contributed by atoms with E-state index < -0.39 is 8.32 Å². The van der Waals surface area contributed by atoms with Crippen molar-refractivity contribution < 1.29 is 9.22 Å². The Morgan fingerprint density at radius 3 is 2.86 bits per heavy atom. The Balaban J connectivity index is 2.03. The number of hydrogen-bond donors (Lipinski definition) is 0. The molecule has 0 bridgehead atoms. The Morgan fingerprint density at radius 1 is 1.43 bits per heavy atom. The number of Topliss-reactive ketones (excluding diaryl/α,β-unsaturated/α-hetero) is 1. The second kappa shape index (κ2) is 6.61. The zero-order valence-corrected chi connectivity index (χ0v) is 14.4. The van der Waals surface area contributed by atoms with Gasteiger partial charge in [-0.25, -0.2) is 0 Å². The Kier molecular flexibility index (Phi) is 5.04. The summed E-state index contributed by atoms with van der Waals surface area (Å²) in [5.41, 5.74) is 2.15. The number of unbranched alkanes of at least 4 members (excludes halogenated alkanes) is 1. The average Bonchev–Trinajstić information content (AvgIpc) is 2.78. The quantitative estimate of drug-likeness (QED) is 0.651. The highest BCUT2D eigenvalue weighted by Crippen LogP contribution is 2.35. The van der Waals surface area contributed by atoms with E-state index in [1.165, 1.54) is 12.8 Å². The number of carbonyl (C=O) groups is 1. The van der Waals surface area contributed by atoms with Crippen molar-refractivity contribution in [1.29, 1.82) is 0 Å². The van der Waals surface area contributed by atoms with E-state index >= 15 is 0 Å². The van der Waals surface area contributed by atoms with Crippen LogP contribution in [0.25, 0.3) is 0 Å². The molecule has 0 aromatic carbocycles. The molecule has 0 radical (unpaired) electrons. The van der Waals surface area contributed by atoms with Crippen LogP contribution in [0.1, 0.15) is 32.6 Å². The molecule has 3 heteroatoms. The third-order valence-corrected chi connectivity index (χ3v) is 6.51. The lowest BCUT2D eigenvalue weighted by Crippen LogP contribution is -2.31. The van der Waals surface area contributed by atoms with Crippen LogP contribution in [0.15, 0.2) is 47.8 Å². The standard InChI is InChI=1S/C18H26O2Si/c1-5-6-13-21(3,4)20-17-12-11-16(18(17)19)15-10-8-7-9-14(15)2/h7-8,10,12,16H,2,5-6,9,11,13H2,1,3-4H3. The fourth-order valence-electron chi connectivity index (χ4n) is 2.90. The molecule has 2 rings (SSSR count). The number of allylic oxidation sites excluding steroid dienone is 7. The maximum atomic E-state index is 12.6. The van der Waals surface area contributed by atoms with Gasteiger partial charge in [-0.2, -0.15) is 0 Å². The van der Waals surface area contributed by atoms with Gasteiger partial charge in [0, 0.05) is 0 Å². The SMILES string of the molecule is C=C1CC=CC=C1C1CC=C(O[Si](C)(C)CCCC)C1=O. The zero-order chi connectivity index (χ0) is 15.5. The van der Waals surface area contributed by atoms with Crippen molar-refractivity contribution in [3.8, 4) is 0 Å². The van der Waals surface area contributed by atoms with E-state index in [2.05, 4.69) is 32.7 Å². The molecule has 0 aliphatic heterocycles. The molecule has 0 fully saturated rings. The zero-order valence-electron chi connectivity index (χ0n) is 13.4. The first kappa shape index (κ1) is 16.0. The minimum absolute atomic E-state index is 0.0755. The van der Waals surface area contributed by atoms with Crippen molar-refractivity contribution >= 4 is 14.1 Å². The molecular weight excluding hydrogens is 276 g/mol. The summed E-state index contributed by atoms with van der Waals surface area (Å²) in [5.74, 6) is 0.680. The largest absolute Gasteiger partial charge is 0.542 e. The molecule has 0 saturated carbocycles. The van der Waals surface area contributed by atoms with Crippen LogP contribution in [0, 0.1) is 5.92 Å². The molecule has 0 aromatic rings. The summed E-state index contributed by atoms with van der Waals surface area (Å²) in [6, 6.07) is 1.11. The second-order valence-corrected chi connectivity index (χ2v) is 10.8. The van der Waals surface area contributed by atoms with Crippen LogP contribution in [0.3, 0.4) is 0 Å². The van der Waals surface area contributed by atoms with Gasteiger partial charge in [-0.1, -0.05) is 44.6 Å². The molecule has 0 aromatic heterocycles. The molecule has 0 saturated heterocycles. The molecule has 0 spiro atoms.